The number of carbonyl (C=O) groups excluding carboxylic acids is 2. The Kier molecular flexibility index (Phi) is 4.48. The maximum absolute atomic E-state index is 14.1. The summed E-state index contributed by atoms with van der Waals surface area (Å²) in [5, 5.41) is 9.18. The van der Waals surface area contributed by atoms with Crippen LogP contribution in [0.2, 0.25) is 0 Å². The Labute approximate surface area is 195 Å². The van der Waals surface area contributed by atoms with E-state index in [4.69, 9.17) is 9.57 Å². The Morgan fingerprint density at radius 1 is 0.941 bits per heavy atom. The molecule has 0 aliphatic carbocycles. The second kappa shape index (κ2) is 7.56. The van der Waals surface area contributed by atoms with Crippen molar-refractivity contribution in [3.05, 3.63) is 108 Å². The molecule has 0 unspecified atom stereocenters. The zero-order chi connectivity index (χ0) is 23.3. The molecule has 4 aromatic rings. The van der Waals surface area contributed by atoms with E-state index in [1.54, 1.807) is 37.4 Å². The minimum absolute atomic E-state index is 0.232. The third-order valence-electron chi connectivity index (χ3n) is 6.56. The first-order valence-corrected chi connectivity index (χ1v) is 11.0. The van der Waals surface area contributed by atoms with Crippen molar-refractivity contribution in [2.45, 2.75) is 5.60 Å². The van der Waals surface area contributed by atoms with Gasteiger partial charge in [0, 0.05) is 22.4 Å². The van der Waals surface area contributed by atoms with Crippen LogP contribution in [0.3, 0.4) is 0 Å². The molecule has 0 saturated carbocycles. The molecule has 0 saturated heterocycles. The monoisotopic (exact) mass is 448 g/mol. The predicted octanol–water partition coefficient (Wildman–Crippen LogP) is 4.93. The smallest absolute Gasteiger partial charge is 0.277 e. The van der Waals surface area contributed by atoms with Gasteiger partial charge in [0.2, 0.25) is 0 Å². The molecule has 6 rings (SSSR count). The number of Topliss-reactive ketones (excluding diaryl/α,β-unsaturated/α-hetero) is 1. The SMILES string of the molecule is COc1ccc(C2=NO[C@]3(C(=O)Nc4ccccc43)[C@@H]2C(=O)c2ccc3ccccc3c2)cc1. The molecule has 1 amide bonds. The second-order valence-electron chi connectivity index (χ2n) is 8.39. The van der Waals surface area contributed by atoms with Gasteiger partial charge in [0.25, 0.3) is 11.5 Å². The van der Waals surface area contributed by atoms with Crippen LogP contribution in [0, 0.1) is 5.92 Å². The van der Waals surface area contributed by atoms with Crippen molar-refractivity contribution in [3.63, 3.8) is 0 Å². The molecular formula is C28H20N2O4. The van der Waals surface area contributed by atoms with E-state index in [0.717, 1.165) is 10.8 Å². The van der Waals surface area contributed by atoms with E-state index in [-0.39, 0.29) is 5.78 Å². The lowest BCUT2D eigenvalue weighted by Crippen LogP contribution is -2.46. The number of benzene rings is 4. The lowest BCUT2D eigenvalue weighted by molar-refractivity contribution is -0.140. The van der Waals surface area contributed by atoms with E-state index in [2.05, 4.69) is 10.5 Å². The van der Waals surface area contributed by atoms with Crippen LogP contribution in [0.5, 0.6) is 5.75 Å². The molecule has 2 aliphatic heterocycles. The number of rotatable bonds is 4. The highest BCUT2D eigenvalue weighted by molar-refractivity contribution is 6.25. The molecule has 0 radical (unpaired) electrons. The van der Waals surface area contributed by atoms with Crippen LogP contribution in [-0.4, -0.2) is 24.5 Å². The van der Waals surface area contributed by atoms with Crippen LogP contribution in [0.15, 0.2) is 96.2 Å². The first-order chi connectivity index (χ1) is 16.6. The summed E-state index contributed by atoms with van der Waals surface area (Å²) in [6.45, 7) is 0. The van der Waals surface area contributed by atoms with Gasteiger partial charge in [-0.2, -0.15) is 0 Å². The van der Waals surface area contributed by atoms with E-state index in [0.29, 0.717) is 33.8 Å². The molecule has 6 heteroatoms. The zero-order valence-corrected chi connectivity index (χ0v) is 18.3. The number of carbonyl (C=O) groups is 2. The summed E-state index contributed by atoms with van der Waals surface area (Å²) in [5.41, 5.74) is 1.24. The summed E-state index contributed by atoms with van der Waals surface area (Å²) >= 11 is 0. The van der Waals surface area contributed by atoms with Crippen molar-refractivity contribution in [1.29, 1.82) is 0 Å². The minimum atomic E-state index is -1.57. The third kappa shape index (κ3) is 2.85. The molecule has 0 aromatic heterocycles. The standard InChI is InChI=1S/C28H20N2O4/c1-33-21-14-12-18(13-15-21)25-24(26(31)20-11-10-17-6-2-3-7-19(17)16-20)28(34-30-25)22-8-4-5-9-23(22)29-27(28)32/h2-16,24H,1H3,(H,29,32)/t24-,28-/m0/s1. The Hall–Kier alpha value is -4.45. The van der Waals surface area contributed by atoms with Gasteiger partial charge in [-0.05, 0) is 47.2 Å². The van der Waals surface area contributed by atoms with Crippen molar-refractivity contribution >= 4 is 33.9 Å². The second-order valence-corrected chi connectivity index (χ2v) is 8.39. The van der Waals surface area contributed by atoms with Gasteiger partial charge in [0.05, 0.1) is 7.11 Å². The number of nitrogens with one attached hydrogen (secondary N) is 1. The molecule has 1 spiro atoms. The van der Waals surface area contributed by atoms with E-state index in [1.807, 2.05) is 60.7 Å². The van der Waals surface area contributed by atoms with Crippen molar-refractivity contribution in [2.75, 3.05) is 12.4 Å². The molecule has 166 valence electrons. The van der Waals surface area contributed by atoms with Crippen LogP contribution in [0.1, 0.15) is 21.5 Å². The summed E-state index contributed by atoms with van der Waals surface area (Å²) in [6, 6.07) is 27.9. The number of ether oxygens (including phenoxy) is 1. The van der Waals surface area contributed by atoms with E-state index in [9.17, 15) is 9.59 Å². The molecule has 6 nitrogen and oxygen atoms in total. The summed E-state index contributed by atoms with van der Waals surface area (Å²) < 4.78 is 5.27. The lowest BCUT2D eigenvalue weighted by Gasteiger charge is -2.26. The normalized spacial score (nSPS) is 20.6. The first-order valence-electron chi connectivity index (χ1n) is 11.0. The van der Waals surface area contributed by atoms with Crippen LogP contribution in [0.25, 0.3) is 10.8 Å². The van der Waals surface area contributed by atoms with Crippen molar-refractivity contribution < 1.29 is 19.2 Å². The van der Waals surface area contributed by atoms with Crippen LogP contribution in [-0.2, 0) is 15.2 Å². The molecule has 2 atom stereocenters. The van der Waals surface area contributed by atoms with E-state index >= 15 is 0 Å². The Balaban J connectivity index is 1.52. The zero-order valence-electron chi connectivity index (χ0n) is 18.3. The molecule has 34 heavy (non-hydrogen) atoms. The quantitative estimate of drug-likeness (QED) is 0.449. The number of amides is 1. The fourth-order valence-corrected chi connectivity index (χ4v) is 4.85. The largest absolute Gasteiger partial charge is 0.497 e. The summed E-state index contributed by atoms with van der Waals surface area (Å²) in [5.74, 6) is -0.921. The Morgan fingerprint density at radius 3 is 2.47 bits per heavy atom. The van der Waals surface area contributed by atoms with Gasteiger partial charge in [0.1, 0.15) is 17.4 Å². The molecule has 0 bridgehead atoms. The Morgan fingerprint density at radius 2 is 1.68 bits per heavy atom. The summed E-state index contributed by atoms with van der Waals surface area (Å²) in [7, 11) is 1.59. The molecule has 2 aliphatic rings. The highest BCUT2D eigenvalue weighted by Gasteiger charge is 2.63. The highest BCUT2D eigenvalue weighted by Crippen LogP contribution is 2.49. The van der Waals surface area contributed by atoms with Crippen LogP contribution >= 0.6 is 0 Å². The van der Waals surface area contributed by atoms with Gasteiger partial charge in [-0.1, -0.05) is 59.8 Å². The number of fused-ring (bicyclic) bond motifs is 3. The van der Waals surface area contributed by atoms with Gasteiger partial charge in [-0.25, -0.2) is 0 Å². The highest BCUT2D eigenvalue weighted by atomic mass is 16.7. The maximum Gasteiger partial charge on any atom is 0.277 e. The number of anilines is 1. The van der Waals surface area contributed by atoms with Crippen LogP contribution in [0.4, 0.5) is 5.69 Å². The fraction of sp³-hybridized carbons (Fsp3) is 0.107. The summed E-state index contributed by atoms with van der Waals surface area (Å²) in [6.07, 6.45) is 0. The van der Waals surface area contributed by atoms with Gasteiger partial charge in [-0.15, -0.1) is 0 Å². The maximum atomic E-state index is 14.1. The van der Waals surface area contributed by atoms with Crippen molar-refractivity contribution in [1.82, 2.24) is 0 Å². The fourth-order valence-electron chi connectivity index (χ4n) is 4.85. The number of oxime groups is 1. The number of para-hydroxylation sites is 1. The predicted molar refractivity (Wildman–Crippen MR) is 129 cm³/mol. The van der Waals surface area contributed by atoms with Crippen molar-refractivity contribution in [3.8, 4) is 5.75 Å². The first kappa shape index (κ1) is 20.2. The topological polar surface area (TPSA) is 77.0 Å². The number of methoxy groups -OCH3 is 1. The number of nitrogens with zero attached hydrogens (tertiary/aromatic N) is 1. The Bertz CT molecular complexity index is 1490. The number of hydrogen-bond acceptors (Lipinski definition) is 5. The average molecular weight is 448 g/mol. The molecule has 1 N–H and O–H groups in total. The minimum Gasteiger partial charge on any atom is -0.497 e. The number of ketones is 1. The third-order valence-corrected chi connectivity index (χ3v) is 6.56. The number of hydrogen-bond donors (Lipinski definition) is 1. The molecule has 2 heterocycles. The van der Waals surface area contributed by atoms with Gasteiger partial charge in [0.15, 0.2) is 5.78 Å². The lowest BCUT2D eigenvalue weighted by atomic mass is 9.74. The van der Waals surface area contributed by atoms with Gasteiger partial charge >= 0.3 is 0 Å². The van der Waals surface area contributed by atoms with Gasteiger partial charge < -0.3 is 14.9 Å². The molecule has 0 fully saturated rings. The average Bonchev–Trinajstić information content (AvgIpc) is 3.42. The van der Waals surface area contributed by atoms with Crippen molar-refractivity contribution in [2.24, 2.45) is 11.1 Å². The van der Waals surface area contributed by atoms with E-state index < -0.39 is 17.4 Å². The van der Waals surface area contributed by atoms with E-state index in [1.165, 1.54) is 0 Å². The summed E-state index contributed by atoms with van der Waals surface area (Å²) in [4.78, 5) is 33.5. The van der Waals surface area contributed by atoms with Crippen LogP contribution < -0.4 is 10.1 Å². The molecular weight excluding hydrogens is 428 g/mol. The van der Waals surface area contributed by atoms with Gasteiger partial charge in [-0.3, -0.25) is 9.59 Å². The molecule has 4 aromatic carbocycles.